The Morgan fingerprint density at radius 2 is 1.75 bits per heavy atom. The quantitative estimate of drug-likeness (QED) is 0.615. The molecule has 0 saturated carbocycles. The molecule has 6 nitrogen and oxygen atoms in total. The van der Waals surface area contributed by atoms with Crippen molar-refractivity contribution in [2.24, 2.45) is 5.92 Å². The van der Waals surface area contributed by atoms with Crippen molar-refractivity contribution in [2.45, 2.75) is 38.1 Å². The van der Waals surface area contributed by atoms with E-state index in [4.69, 9.17) is 0 Å². The fourth-order valence-electron chi connectivity index (χ4n) is 2.62. The second-order valence-electron chi connectivity index (χ2n) is 7.11. The van der Waals surface area contributed by atoms with Crippen LogP contribution in [-0.4, -0.2) is 37.5 Å². The fourth-order valence-corrected chi connectivity index (χ4v) is 3.51. The van der Waals surface area contributed by atoms with Crippen LogP contribution in [0.2, 0.25) is 0 Å². The predicted molar refractivity (Wildman–Crippen MR) is 112 cm³/mol. The molecule has 2 heterocycles. The molecule has 3 aromatic rings. The standard InChI is InChI=1S/C21H25N5OS/c1-14(2)13-23-20(27)16(4)28-21-25-24-19(17-9-11-22-12-10-17)26(21)18-7-5-15(3)6-8-18/h5-12,14,16H,13H2,1-4H3,(H,23,27). The lowest BCUT2D eigenvalue weighted by molar-refractivity contribution is -0.120. The topological polar surface area (TPSA) is 72.7 Å². The normalized spacial score (nSPS) is 12.2. The summed E-state index contributed by atoms with van der Waals surface area (Å²) >= 11 is 1.41. The maximum absolute atomic E-state index is 12.4. The molecule has 0 aliphatic carbocycles. The number of rotatable bonds is 7. The van der Waals surface area contributed by atoms with Gasteiger partial charge in [0.05, 0.1) is 5.25 Å². The van der Waals surface area contributed by atoms with Crippen LogP contribution < -0.4 is 5.32 Å². The molecule has 0 spiro atoms. The molecule has 1 amide bonds. The van der Waals surface area contributed by atoms with Crippen molar-refractivity contribution in [3.8, 4) is 17.1 Å². The Balaban J connectivity index is 1.94. The third kappa shape index (κ3) is 4.78. The first-order valence-electron chi connectivity index (χ1n) is 9.33. The Kier molecular flexibility index (Phi) is 6.46. The van der Waals surface area contributed by atoms with Gasteiger partial charge in [-0.2, -0.15) is 0 Å². The maximum Gasteiger partial charge on any atom is 0.233 e. The second-order valence-corrected chi connectivity index (χ2v) is 8.42. The lowest BCUT2D eigenvalue weighted by atomic mass is 10.2. The minimum Gasteiger partial charge on any atom is -0.355 e. The maximum atomic E-state index is 12.4. The number of thioether (sulfide) groups is 1. The summed E-state index contributed by atoms with van der Waals surface area (Å²) < 4.78 is 1.99. The smallest absolute Gasteiger partial charge is 0.233 e. The van der Waals surface area contributed by atoms with Gasteiger partial charge in [0.1, 0.15) is 0 Å². The molecular formula is C21H25N5OS. The molecule has 28 heavy (non-hydrogen) atoms. The van der Waals surface area contributed by atoms with E-state index in [1.54, 1.807) is 12.4 Å². The number of hydrogen-bond donors (Lipinski definition) is 1. The van der Waals surface area contributed by atoms with Crippen LogP contribution in [0, 0.1) is 12.8 Å². The predicted octanol–water partition coefficient (Wildman–Crippen LogP) is 3.89. The summed E-state index contributed by atoms with van der Waals surface area (Å²) in [5, 5.41) is 12.2. The minimum atomic E-state index is -0.280. The highest BCUT2D eigenvalue weighted by Crippen LogP contribution is 2.30. The van der Waals surface area contributed by atoms with Gasteiger partial charge in [-0.15, -0.1) is 10.2 Å². The molecule has 0 bridgehead atoms. The van der Waals surface area contributed by atoms with Gasteiger partial charge in [0.2, 0.25) is 5.91 Å². The number of aryl methyl sites for hydroxylation is 1. The van der Waals surface area contributed by atoms with E-state index in [1.807, 2.05) is 35.8 Å². The molecule has 1 aromatic carbocycles. The first-order valence-corrected chi connectivity index (χ1v) is 10.2. The van der Waals surface area contributed by atoms with Crippen LogP contribution in [0.25, 0.3) is 17.1 Å². The zero-order valence-corrected chi connectivity index (χ0v) is 17.4. The van der Waals surface area contributed by atoms with Gasteiger partial charge in [0.15, 0.2) is 11.0 Å². The van der Waals surface area contributed by atoms with Crippen molar-refractivity contribution in [1.29, 1.82) is 0 Å². The van der Waals surface area contributed by atoms with Crippen LogP contribution in [0.5, 0.6) is 0 Å². The van der Waals surface area contributed by atoms with E-state index in [0.29, 0.717) is 17.6 Å². The lowest BCUT2D eigenvalue weighted by Gasteiger charge is -2.15. The molecule has 0 radical (unpaired) electrons. The molecule has 0 aliphatic heterocycles. The number of pyridine rings is 1. The summed E-state index contributed by atoms with van der Waals surface area (Å²) in [5.74, 6) is 1.14. The van der Waals surface area contributed by atoms with Gasteiger partial charge in [-0.3, -0.25) is 14.3 Å². The third-order valence-corrected chi connectivity index (χ3v) is 5.24. The van der Waals surface area contributed by atoms with Crippen molar-refractivity contribution >= 4 is 17.7 Å². The molecule has 146 valence electrons. The summed E-state index contributed by atoms with van der Waals surface area (Å²) in [7, 11) is 0. The average molecular weight is 396 g/mol. The molecule has 1 atom stereocenters. The fraction of sp³-hybridized carbons (Fsp3) is 0.333. The summed E-state index contributed by atoms with van der Waals surface area (Å²) in [6.45, 7) is 8.76. The molecule has 2 aromatic heterocycles. The van der Waals surface area contributed by atoms with Gasteiger partial charge in [-0.1, -0.05) is 43.3 Å². The molecule has 1 unspecified atom stereocenters. The Morgan fingerprint density at radius 3 is 2.39 bits per heavy atom. The van der Waals surface area contributed by atoms with E-state index in [2.05, 4.69) is 53.4 Å². The molecular weight excluding hydrogens is 370 g/mol. The summed E-state index contributed by atoms with van der Waals surface area (Å²) in [5.41, 5.74) is 3.06. The lowest BCUT2D eigenvalue weighted by Crippen LogP contribution is -2.33. The highest BCUT2D eigenvalue weighted by Gasteiger charge is 2.21. The van der Waals surface area contributed by atoms with Crippen LogP contribution in [0.3, 0.4) is 0 Å². The third-order valence-electron chi connectivity index (χ3n) is 4.20. The molecule has 7 heteroatoms. The van der Waals surface area contributed by atoms with E-state index in [-0.39, 0.29) is 11.2 Å². The van der Waals surface area contributed by atoms with Crippen LogP contribution in [0.15, 0.2) is 53.9 Å². The number of carbonyl (C=O) groups excluding carboxylic acids is 1. The van der Waals surface area contributed by atoms with E-state index in [0.717, 1.165) is 17.1 Å². The van der Waals surface area contributed by atoms with Gasteiger partial charge < -0.3 is 5.32 Å². The van der Waals surface area contributed by atoms with Crippen LogP contribution in [-0.2, 0) is 4.79 Å². The Morgan fingerprint density at radius 1 is 1.07 bits per heavy atom. The van der Waals surface area contributed by atoms with Crippen molar-refractivity contribution in [1.82, 2.24) is 25.1 Å². The Bertz CT molecular complexity index is 922. The van der Waals surface area contributed by atoms with E-state index in [1.165, 1.54) is 17.3 Å². The summed E-state index contributed by atoms with van der Waals surface area (Å²) in [6.07, 6.45) is 3.47. The highest BCUT2D eigenvalue weighted by atomic mass is 32.2. The molecule has 1 N–H and O–H groups in total. The van der Waals surface area contributed by atoms with Gasteiger partial charge >= 0.3 is 0 Å². The molecule has 0 saturated heterocycles. The Hall–Kier alpha value is -2.67. The van der Waals surface area contributed by atoms with Gasteiger partial charge in [0.25, 0.3) is 0 Å². The van der Waals surface area contributed by atoms with Crippen LogP contribution in [0.1, 0.15) is 26.3 Å². The van der Waals surface area contributed by atoms with E-state index in [9.17, 15) is 4.79 Å². The van der Waals surface area contributed by atoms with Crippen molar-refractivity contribution < 1.29 is 4.79 Å². The number of nitrogens with zero attached hydrogens (tertiary/aromatic N) is 4. The summed E-state index contributed by atoms with van der Waals surface area (Å²) in [4.78, 5) is 16.5. The van der Waals surface area contributed by atoms with Crippen molar-refractivity contribution in [3.63, 3.8) is 0 Å². The summed E-state index contributed by atoms with van der Waals surface area (Å²) in [6, 6.07) is 12.0. The largest absolute Gasteiger partial charge is 0.355 e. The first kappa shape index (κ1) is 20.1. The SMILES string of the molecule is Cc1ccc(-n2c(SC(C)C(=O)NCC(C)C)nnc2-c2ccncc2)cc1. The second kappa shape index (κ2) is 9.01. The number of benzene rings is 1. The van der Waals surface area contributed by atoms with E-state index >= 15 is 0 Å². The number of aromatic nitrogens is 4. The molecule has 0 fully saturated rings. The highest BCUT2D eigenvalue weighted by molar-refractivity contribution is 8.00. The van der Waals surface area contributed by atoms with Gasteiger partial charge in [-0.25, -0.2) is 0 Å². The monoisotopic (exact) mass is 395 g/mol. The molecule has 3 rings (SSSR count). The van der Waals surface area contributed by atoms with Crippen LogP contribution in [0.4, 0.5) is 0 Å². The number of nitrogens with one attached hydrogen (secondary N) is 1. The number of amides is 1. The van der Waals surface area contributed by atoms with Gasteiger partial charge in [-0.05, 0) is 44.0 Å². The zero-order valence-electron chi connectivity index (χ0n) is 16.6. The first-order chi connectivity index (χ1) is 13.5. The Labute approximate surface area is 169 Å². The average Bonchev–Trinajstić information content (AvgIpc) is 3.10. The van der Waals surface area contributed by atoms with Crippen molar-refractivity contribution in [3.05, 3.63) is 54.4 Å². The molecule has 0 aliphatic rings. The van der Waals surface area contributed by atoms with Gasteiger partial charge in [0, 0.05) is 30.2 Å². The number of carbonyl (C=O) groups is 1. The van der Waals surface area contributed by atoms with E-state index < -0.39 is 0 Å². The number of hydrogen-bond acceptors (Lipinski definition) is 5. The van der Waals surface area contributed by atoms with Crippen molar-refractivity contribution in [2.75, 3.05) is 6.54 Å². The zero-order chi connectivity index (χ0) is 20.1. The van der Waals surface area contributed by atoms with Crippen LogP contribution >= 0.6 is 11.8 Å². The minimum absolute atomic E-state index is 0.00242.